The van der Waals surface area contributed by atoms with Crippen molar-refractivity contribution in [1.82, 2.24) is 4.90 Å². The van der Waals surface area contributed by atoms with Crippen molar-refractivity contribution in [3.63, 3.8) is 0 Å². The fraction of sp³-hybridized carbons (Fsp3) is 0.296. The number of hydrogen-bond acceptors (Lipinski definition) is 5. The molecule has 0 saturated carbocycles. The molecular formula is C27H25F2N3O3. The topological polar surface area (TPSA) is 86.4 Å². The lowest BCUT2D eigenvalue weighted by Crippen LogP contribution is -2.45. The second-order valence-electron chi connectivity index (χ2n) is 9.51. The molecule has 6 nitrogen and oxygen atoms in total. The summed E-state index contributed by atoms with van der Waals surface area (Å²) in [6.45, 7) is 5.55. The van der Waals surface area contributed by atoms with Crippen LogP contribution in [0.5, 0.6) is 0 Å². The number of nitrogens with zero attached hydrogens (tertiary/aromatic N) is 2. The van der Waals surface area contributed by atoms with Gasteiger partial charge >= 0.3 is 6.09 Å². The maximum Gasteiger partial charge on any atom is 0.410 e. The van der Waals surface area contributed by atoms with Gasteiger partial charge in [-0.2, -0.15) is 5.26 Å². The minimum Gasteiger partial charge on any atom is -0.444 e. The van der Waals surface area contributed by atoms with Crippen LogP contribution >= 0.6 is 0 Å². The maximum atomic E-state index is 13.7. The van der Waals surface area contributed by atoms with E-state index in [1.807, 2.05) is 0 Å². The Hall–Kier alpha value is -3.99. The van der Waals surface area contributed by atoms with Crippen LogP contribution in [0.4, 0.5) is 13.6 Å². The van der Waals surface area contributed by atoms with Crippen LogP contribution in [0.1, 0.15) is 37.8 Å². The van der Waals surface area contributed by atoms with Gasteiger partial charge in [0.05, 0.1) is 12.6 Å². The molecule has 2 unspecified atom stereocenters. The van der Waals surface area contributed by atoms with E-state index in [0.717, 1.165) is 0 Å². The summed E-state index contributed by atoms with van der Waals surface area (Å²) in [4.78, 5) is 14.5. The van der Waals surface area contributed by atoms with E-state index in [2.05, 4.69) is 6.07 Å². The van der Waals surface area contributed by atoms with Crippen molar-refractivity contribution in [3.8, 4) is 6.07 Å². The fourth-order valence-electron chi connectivity index (χ4n) is 4.24. The number of rotatable bonds is 2. The number of nitriles is 1. The molecule has 0 aliphatic carbocycles. The summed E-state index contributed by atoms with van der Waals surface area (Å²) in [6, 6.07) is 13.7. The molecule has 2 aromatic carbocycles. The molecule has 0 bridgehead atoms. The molecule has 0 radical (unpaired) electrons. The third-order valence-corrected chi connectivity index (χ3v) is 5.74. The first-order chi connectivity index (χ1) is 16.6. The van der Waals surface area contributed by atoms with Crippen molar-refractivity contribution in [3.05, 3.63) is 88.2 Å². The molecule has 2 aliphatic rings. The molecule has 0 aromatic heterocycles. The molecule has 2 aromatic rings. The van der Waals surface area contributed by atoms with Crippen molar-refractivity contribution in [2.75, 3.05) is 13.1 Å². The van der Waals surface area contributed by atoms with Gasteiger partial charge in [-0.1, -0.05) is 24.3 Å². The first-order valence-electron chi connectivity index (χ1n) is 11.1. The smallest absolute Gasteiger partial charge is 0.410 e. The van der Waals surface area contributed by atoms with E-state index in [1.54, 1.807) is 51.1 Å². The third kappa shape index (κ3) is 5.24. The normalized spacial score (nSPS) is 21.3. The summed E-state index contributed by atoms with van der Waals surface area (Å²) in [5.74, 6) is -2.22. The fourth-order valence-corrected chi connectivity index (χ4v) is 4.24. The Bertz CT molecular complexity index is 1250. The third-order valence-electron chi connectivity index (χ3n) is 5.74. The summed E-state index contributed by atoms with van der Waals surface area (Å²) in [6.07, 6.45) is 1.22. The summed E-state index contributed by atoms with van der Waals surface area (Å²) in [7, 11) is 0. The number of carbonyl (C=O) groups excluding carboxylic acids is 1. The number of carbonyl (C=O) groups is 1. The molecule has 1 amide bonds. The van der Waals surface area contributed by atoms with Crippen LogP contribution in [0, 0.1) is 34.3 Å². The second-order valence-corrected chi connectivity index (χ2v) is 9.51. The Labute approximate surface area is 202 Å². The van der Waals surface area contributed by atoms with E-state index < -0.39 is 29.3 Å². The van der Waals surface area contributed by atoms with Crippen molar-refractivity contribution in [2.45, 2.75) is 32.3 Å². The van der Waals surface area contributed by atoms with Gasteiger partial charge < -0.3 is 9.47 Å². The van der Waals surface area contributed by atoms with Gasteiger partial charge in [0.1, 0.15) is 28.9 Å². The predicted molar refractivity (Wildman–Crippen MR) is 126 cm³/mol. The van der Waals surface area contributed by atoms with Crippen molar-refractivity contribution in [2.24, 2.45) is 5.92 Å². The van der Waals surface area contributed by atoms with E-state index in [1.165, 1.54) is 29.2 Å². The summed E-state index contributed by atoms with van der Waals surface area (Å²) in [5, 5.41) is 18.3. The highest BCUT2D eigenvalue weighted by molar-refractivity contribution is 5.85. The second kappa shape index (κ2) is 9.34. The average Bonchev–Trinajstić information content (AvgIpc) is 2.79. The average molecular weight is 478 g/mol. The van der Waals surface area contributed by atoms with Crippen molar-refractivity contribution < 1.29 is 23.0 Å². The summed E-state index contributed by atoms with van der Waals surface area (Å²) >= 11 is 0. The lowest BCUT2D eigenvalue weighted by molar-refractivity contribution is 0.0268. The quantitative estimate of drug-likeness (QED) is 0.594. The number of amides is 1. The SMILES string of the molecule is CC(C)(C)OC(=O)N1CC2=C(OC(=N)C(C#N)C2c2ccc(F)cc2)/C(=C/c2ccc(F)cc2)C1. The number of halogens is 2. The molecular weight excluding hydrogens is 452 g/mol. The van der Waals surface area contributed by atoms with Gasteiger partial charge in [-0.05, 0) is 62.2 Å². The van der Waals surface area contributed by atoms with E-state index in [-0.39, 0.29) is 24.8 Å². The highest BCUT2D eigenvalue weighted by Crippen LogP contribution is 2.44. The van der Waals surface area contributed by atoms with Gasteiger partial charge in [0, 0.05) is 23.6 Å². The van der Waals surface area contributed by atoms with Crippen LogP contribution in [0.2, 0.25) is 0 Å². The van der Waals surface area contributed by atoms with Crippen LogP contribution in [0.3, 0.4) is 0 Å². The van der Waals surface area contributed by atoms with Crippen LogP contribution in [0.25, 0.3) is 6.08 Å². The minimum absolute atomic E-state index is 0.110. The molecule has 2 aliphatic heterocycles. The van der Waals surface area contributed by atoms with Crippen LogP contribution in [-0.4, -0.2) is 35.6 Å². The Morgan fingerprint density at radius 1 is 1.11 bits per heavy atom. The largest absolute Gasteiger partial charge is 0.444 e. The molecule has 2 heterocycles. The van der Waals surface area contributed by atoms with Gasteiger partial charge in [0.15, 0.2) is 0 Å². The highest BCUT2D eigenvalue weighted by atomic mass is 19.1. The number of nitrogens with one attached hydrogen (secondary N) is 1. The minimum atomic E-state index is -0.954. The number of benzene rings is 2. The molecule has 0 saturated heterocycles. The van der Waals surface area contributed by atoms with Crippen LogP contribution in [0.15, 0.2) is 65.4 Å². The highest BCUT2D eigenvalue weighted by Gasteiger charge is 2.43. The first-order valence-corrected chi connectivity index (χ1v) is 11.1. The molecule has 1 N–H and O–H groups in total. The lowest BCUT2D eigenvalue weighted by Gasteiger charge is -2.40. The van der Waals surface area contributed by atoms with Gasteiger partial charge in [0.2, 0.25) is 5.90 Å². The monoisotopic (exact) mass is 477 g/mol. The van der Waals surface area contributed by atoms with Gasteiger partial charge in [-0.3, -0.25) is 10.3 Å². The number of hydrogen-bond donors (Lipinski definition) is 1. The zero-order chi connectivity index (χ0) is 25.3. The molecule has 35 heavy (non-hydrogen) atoms. The standard InChI is InChI=1S/C27H25F2N3O3/c1-27(2,3)35-26(33)32-14-18(12-16-4-8-19(28)9-5-16)24-22(15-32)23(21(13-30)25(31)34-24)17-6-10-20(29)11-7-17/h4-12,21,23,31H,14-15H2,1-3H3/b18-12+,31-25?. The van der Waals surface area contributed by atoms with E-state index in [9.17, 15) is 18.8 Å². The molecule has 2 atom stereocenters. The van der Waals surface area contributed by atoms with Crippen molar-refractivity contribution >= 4 is 18.1 Å². The summed E-state index contributed by atoms with van der Waals surface area (Å²) < 4.78 is 38.5. The van der Waals surface area contributed by atoms with E-state index in [0.29, 0.717) is 28.0 Å². The Balaban J connectivity index is 1.86. The van der Waals surface area contributed by atoms with Gasteiger partial charge in [-0.25, -0.2) is 13.6 Å². The lowest BCUT2D eigenvalue weighted by atomic mass is 9.76. The Kier molecular flexibility index (Phi) is 6.44. The van der Waals surface area contributed by atoms with Crippen LogP contribution in [-0.2, 0) is 9.47 Å². The van der Waals surface area contributed by atoms with Crippen molar-refractivity contribution in [1.29, 1.82) is 10.7 Å². The Morgan fingerprint density at radius 3 is 2.29 bits per heavy atom. The molecule has 0 fully saturated rings. The van der Waals surface area contributed by atoms with Gasteiger partial charge in [0.25, 0.3) is 0 Å². The molecule has 8 heteroatoms. The molecule has 4 rings (SSSR count). The summed E-state index contributed by atoms with van der Waals surface area (Å²) in [5.41, 5.74) is 1.78. The zero-order valence-electron chi connectivity index (χ0n) is 19.6. The predicted octanol–water partition coefficient (Wildman–Crippen LogP) is 5.78. The number of ether oxygens (including phenoxy) is 2. The van der Waals surface area contributed by atoms with Gasteiger partial charge in [-0.15, -0.1) is 0 Å². The first kappa shape index (κ1) is 24.1. The van der Waals surface area contributed by atoms with E-state index in [4.69, 9.17) is 14.9 Å². The van der Waals surface area contributed by atoms with Crippen LogP contribution < -0.4 is 0 Å². The Morgan fingerprint density at radius 2 is 1.71 bits per heavy atom. The zero-order valence-corrected chi connectivity index (χ0v) is 19.6. The van der Waals surface area contributed by atoms with E-state index >= 15 is 0 Å². The molecule has 180 valence electrons. The molecule has 0 spiro atoms. The maximum absolute atomic E-state index is 13.7.